The Hall–Kier alpha value is -4.86. The summed E-state index contributed by atoms with van der Waals surface area (Å²) in [6.07, 6.45) is 0. The summed E-state index contributed by atoms with van der Waals surface area (Å²) in [6, 6.07) is 17.2. The van der Waals surface area contributed by atoms with E-state index >= 15 is 0 Å². The summed E-state index contributed by atoms with van der Waals surface area (Å²) in [5.41, 5.74) is -0.520. The van der Waals surface area contributed by atoms with Crippen molar-refractivity contribution in [1.82, 2.24) is 0 Å². The molecule has 1 fully saturated rings. The van der Waals surface area contributed by atoms with Gasteiger partial charge in [0, 0.05) is 29.4 Å². The van der Waals surface area contributed by atoms with Crippen LogP contribution in [0.5, 0.6) is 0 Å². The summed E-state index contributed by atoms with van der Waals surface area (Å²) in [6.45, 7) is 0. The fourth-order valence-electron chi connectivity index (χ4n) is 3.76. The number of para-hydroxylation sites is 2. The number of nitro benzene ring substituents is 2. The summed E-state index contributed by atoms with van der Waals surface area (Å²) < 4.78 is 0. The van der Waals surface area contributed by atoms with Crippen LogP contribution in [0.3, 0.4) is 0 Å². The van der Waals surface area contributed by atoms with Gasteiger partial charge in [0.25, 0.3) is 23.1 Å². The van der Waals surface area contributed by atoms with Crippen LogP contribution in [0.2, 0.25) is 0 Å². The van der Waals surface area contributed by atoms with Crippen LogP contribution in [-0.2, 0) is 9.59 Å². The van der Waals surface area contributed by atoms with Crippen molar-refractivity contribution in [1.29, 1.82) is 0 Å². The van der Waals surface area contributed by atoms with Gasteiger partial charge in [0.05, 0.1) is 21.0 Å². The number of nitrogens with zero attached hydrogens (tertiary/aromatic N) is 3. The second kappa shape index (κ2) is 8.35. The van der Waals surface area contributed by atoms with Crippen molar-refractivity contribution in [2.45, 2.75) is 6.04 Å². The minimum atomic E-state index is -1.29. The number of hydrogen-bond acceptors (Lipinski definition) is 7. The van der Waals surface area contributed by atoms with E-state index in [0.29, 0.717) is 5.69 Å². The predicted octanol–water partition coefficient (Wildman–Crippen LogP) is 4.13. The van der Waals surface area contributed by atoms with Gasteiger partial charge < -0.3 is 5.11 Å². The zero-order valence-corrected chi connectivity index (χ0v) is 16.8. The smallest absolute Gasteiger partial charge is 0.300 e. The molecule has 0 radical (unpaired) electrons. The van der Waals surface area contributed by atoms with Crippen molar-refractivity contribution in [2.24, 2.45) is 0 Å². The zero-order chi connectivity index (χ0) is 23.7. The lowest BCUT2D eigenvalue weighted by Gasteiger charge is -2.25. The van der Waals surface area contributed by atoms with Gasteiger partial charge in [-0.1, -0.05) is 30.3 Å². The Kier molecular flexibility index (Phi) is 5.41. The summed E-state index contributed by atoms with van der Waals surface area (Å²) in [4.78, 5) is 48.6. The third kappa shape index (κ3) is 3.69. The van der Waals surface area contributed by atoms with Crippen LogP contribution in [-0.4, -0.2) is 26.6 Å². The molecule has 1 heterocycles. The predicted molar refractivity (Wildman–Crippen MR) is 117 cm³/mol. The first-order valence-electron chi connectivity index (χ1n) is 9.65. The van der Waals surface area contributed by atoms with Gasteiger partial charge in [-0.3, -0.25) is 34.7 Å². The third-order valence-corrected chi connectivity index (χ3v) is 5.26. The quantitative estimate of drug-likeness (QED) is 0.204. The first kappa shape index (κ1) is 21.4. The summed E-state index contributed by atoms with van der Waals surface area (Å²) in [7, 11) is 0. The Bertz CT molecular complexity index is 1320. The monoisotopic (exact) mass is 445 g/mol. The first-order chi connectivity index (χ1) is 15.8. The molecule has 1 amide bonds. The number of nitro groups is 2. The van der Waals surface area contributed by atoms with E-state index < -0.39 is 33.3 Å². The van der Waals surface area contributed by atoms with E-state index in [-0.39, 0.29) is 28.1 Å². The molecule has 1 saturated heterocycles. The molecule has 1 N–H and O–H groups in total. The van der Waals surface area contributed by atoms with Gasteiger partial charge >= 0.3 is 0 Å². The summed E-state index contributed by atoms with van der Waals surface area (Å²) >= 11 is 0. The van der Waals surface area contributed by atoms with Crippen LogP contribution in [0.25, 0.3) is 5.76 Å². The second-order valence-corrected chi connectivity index (χ2v) is 7.12. The minimum absolute atomic E-state index is 0.0361. The summed E-state index contributed by atoms with van der Waals surface area (Å²) in [5, 5.41) is 33.6. The number of anilines is 1. The van der Waals surface area contributed by atoms with Crippen LogP contribution in [0.4, 0.5) is 17.1 Å². The van der Waals surface area contributed by atoms with Crippen LogP contribution < -0.4 is 4.90 Å². The van der Waals surface area contributed by atoms with Gasteiger partial charge in [0.15, 0.2) is 0 Å². The maximum Gasteiger partial charge on any atom is 0.300 e. The average Bonchev–Trinajstić information content (AvgIpc) is 3.09. The molecule has 0 aliphatic carbocycles. The molecule has 10 nitrogen and oxygen atoms in total. The van der Waals surface area contributed by atoms with Crippen LogP contribution in [0.15, 0.2) is 84.4 Å². The molecule has 0 saturated carbocycles. The lowest BCUT2D eigenvalue weighted by molar-refractivity contribution is -0.385. The van der Waals surface area contributed by atoms with E-state index in [1.807, 2.05) is 0 Å². The van der Waals surface area contributed by atoms with Crippen molar-refractivity contribution in [3.05, 3.63) is 116 Å². The number of ketones is 1. The molecule has 164 valence electrons. The molecule has 1 aliphatic rings. The van der Waals surface area contributed by atoms with Gasteiger partial charge in [-0.15, -0.1) is 0 Å². The highest BCUT2D eigenvalue weighted by molar-refractivity contribution is 6.51. The maximum atomic E-state index is 13.1. The van der Waals surface area contributed by atoms with E-state index in [0.717, 1.165) is 17.0 Å². The van der Waals surface area contributed by atoms with Gasteiger partial charge in [-0.2, -0.15) is 0 Å². The molecule has 1 atom stereocenters. The van der Waals surface area contributed by atoms with Gasteiger partial charge in [0.2, 0.25) is 0 Å². The van der Waals surface area contributed by atoms with Crippen molar-refractivity contribution in [3.63, 3.8) is 0 Å². The van der Waals surface area contributed by atoms with Crippen LogP contribution in [0.1, 0.15) is 17.2 Å². The van der Waals surface area contributed by atoms with E-state index in [4.69, 9.17) is 0 Å². The van der Waals surface area contributed by atoms with E-state index in [9.17, 15) is 34.9 Å². The van der Waals surface area contributed by atoms with E-state index in [1.165, 1.54) is 36.4 Å². The Morgan fingerprint density at radius 1 is 0.818 bits per heavy atom. The van der Waals surface area contributed by atoms with Gasteiger partial charge in [-0.05, 0) is 30.3 Å². The molecule has 0 bridgehead atoms. The van der Waals surface area contributed by atoms with Crippen molar-refractivity contribution < 1.29 is 24.5 Å². The van der Waals surface area contributed by atoms with Gasteiger partial charge in [-0.25, -0.2) is 0 Å². The van der Waals surface area contributed by atoms with Crippen molar-refractivity contribution in [2.75, 3.05) is 4.90 Å². The number of carbonyl (C=O) groups is 2. The largest absolute Gasteiger partial charge is 0.507 e. The molecule has 1 unspecified atom stereocenters. The molecule has 33 heavy (non-hydrogen) atoms. The fourth-order valence-corrected chi connectivity index (χ4v) is 3.76. The minimum Gasteiger partial charge on any atom is -0.507 e. The lowest BCUT2D eigenvalue weighted by atomic mass is 9.94. The van der Waals surface area contributed by atoms with E-state index in [2.05, 4.69) is 0 Å². The topological polar surface area (TPSA) is 144 Å². The molecule has 3 aromatic rings. The molecular weight excluding hydrogens is 430 g/mol. The molecule has 4 rings (SSSR count). The average molecular weight is 445 g/mol. The number of Topliss-reactive ketones (excluding diaryl/α,β-unsaturated/α-hetero) is 1. The highest BCUT2D eigenvalue weighted by atomic mass is 16.6. The lowest BCUT2D eigenvalue weighted by Crippen LogP contribution is -2.29. The Labute approximate surface area is 186 Å². The number of benzene rings is 3. The first-order valence-corrected chi connectivity index (χ1v) is 9.65. The number of rotatable bonds is 5. The number of hydrogen-bond donors (Lipinski definition) is 1. The molecule has 3 aromatic carbocycles. The van der Waals surface area contributed by atoms with E-state index in [1.54, 1.807) is 30.3 Å². The summed E-state index contributed by atoms with van der Waals surface area (Å²) in [5.74, 6) is -2.59. The second-order valence-electron chi connectivity index (χ2n) is 7.12. The highest BCUT2D eigenvalue weighted by Gasteiger charge is 2.48. The van der Waals surface area contributed by atoms with Gasteiger partial charge in [0.1, 0.15) is 11.8 Å². The Balaban J connectivity index is 1.98. The Morgan fingerprint density at radius 2 is 1.42 bits per heavy atom. The SMILES string of the molecule is O=C1C(=O)N(c2ccccc2)C(c2ccccc2[N+](=O)[O-])/C1=C(\O)c1ccc([N+](=O)[O-])cc1. The Morgan fingerprint density at radius 3 is 2.03 bits per heavy atom. The van der Waals surface area contributed by atoms with Crippen LogP contribution >= 0.6 is 0 Å². The molecular formula is C23H15N3O7. The number of aliphatic hydroxyl groups is 1. The van der Waals surface area contributed by atoms with Crippen LogP contribution in [0, 0.1) is 20.2 Å². The molecule has 0 spiro atoms. The molecule has 1 aliphatic heterocycles. The number of amides is 1. The maximum absolute atomic E-state index is 13.1. The normalized spacial score (nSPS) is 17.2. The number of non-ortho nitro benzene ring substituents is 1. The molecule has 10 heteroatoms. The third-order valence-electron chi connectivity index (χ3n) is 5.26. The number of carbonyl (C=O) groups excluding carboxylic acids is 2. The highest BCUT2D eigenvalue weighted by Crippen LogP contribution is 2.44. The van der Waals surface area contributed by atoms with Crippen molar-refractivity contribution >= 4 is 34.5 Å². The van der Waals surface area contributed by atoms with Crippen molar-refractivity contribution in [3.8, 4) is 0 Å². The zero-order valence-electron chi connectivity index (χ0n) is 16.8. The number of aliphatic hydroxyl groups excluding tert-OH is 1. The fraction of sp³-hybridized carbons (Fsp3) is 0.0435. The standard InChI is InChI=1S/C23H15N3O7/c27-21(14-10-12-16(13-11-14)25(30)31)19-20(17-8-4-5-9-18(17)26(32)33)24(23(29)22(19)28)15-6-2-1-3-7-15/h1-13,20,27H/b21-19+. The molecule has 0 aromatic heterocycles.